The van der Waals surface area contributed by atoms with Crippen LogP contribution in [0.1, 0.15) is 16.7 Å². The molecule has 25 heavy (non-hydrogen) atoms. The summed E-state index contributed by atoms with van der Waals surface area (Å²) in [6, 6.07) is 14.1. The predicted octanol–water partition coefficient (Wildman–Crippen LogP) is 5.43. The van der Waals surface area contributed by atoms with E-state index in [1.165, 1.54) is 6.07 Å². The highest BCUT2D eigenvalue weighted by atomic mass is 32.2. The molecule has 0 aliphatic rings. The molecule has 0 atom stereocenters. The van der Waals surface area contributed by atoms with E-state index in [2.05, 4.69) is 10.2 Å². The van der Waals surface area contributed by atoms with Crippen LogP contribution in [0.5, 0.6) is 0 Å². The van der Waals surface area contributed by atoms with E-state index in [0.717, 1.165) is 27.8 Å². The van der Waals surface area contributed by atoms with Crippen molar-refractivity contribution in [3.63, 3.8) is 0 Å². The highest BCUT2D eigenvalue weighted by Gasteiger charge is 2.15. The molecule has 0 heterocycles. The Kier molecular flexibility index (Phi) is 4.41. The lowest BCUT2D eigenvalue weighted by Gasteiger charge is -2.07. The first-order chi connectivity index (χ1) is 11.8. The van der Waals surface area contributed by atoms with E-state index in [0.29, 0.717) is 11.1 Å². The Hall–Kier alpha value is -2.57. The minimum absolute atomic E-state index is 0.128. The van der Waals surface area contributed by atoms with E-state index in [4.69, 9.17) is 0 Å². The summed E-state index contributed by atoms with van der Waals surface area (Å²) >= 11 is 0. The van der Waals surface area contributed by atoms with Crippen molar-refractivity contribution in [1.29, 1.82) is 0 Å². The molecular formula is C19H18N2O3S. The Morgan fingerprint density at radius 3 is 2.28 bits per heavy atom. The van der Waals surface area contributed by atoms with E-state index >= 15 is 0 Å². The molecule has 0 fully saturated rings. The molecule has 3 aromatic carbocycles. The fraction of sp³-hybridized carbons (Fsp3) is 0.158. The summed E-state index contributed by atoms with van der Waals surface area (Å²) in [6.07, 6.45) is 0. The summed E-state index contributed by atoms with van der Waals surface area (Å²) in [5, 5.41) is 9.70. The zero-order valence-corrected chi connectivity index (χ0v) is 15.0. The Balaban J connectivity index is 2.13. The van der Waals surface area contributed by atoms with E-state index in [9.17, 15) is 13.0 Å². The molecule has 5 nitrogen and oxygen atoms in total. The number of fused-ring (bicyclic) bond motifs is 1. The third kappa shape index (κ3) is 3.60. The van der Waals surface area contributed by atoms with Gasteiger partial charge in [-0.15, -0.1) is 0 Å². The Labute approximate surface area is 146 Å². The highest BCUT2D eigenvalue weighted by Crippen LogP contribution is 2.31. The van der Waals surface area contributed by atoms with Crippen LogP contribution in [-0.4, -0.2) is 13.0 Å². The molecule has 128 valence electrons. The molecule has 0 spiro atoms. The quantitative estimate of drug-likeness (QED) is 0.503. The van der Waals surface area contributed by atoms with Gasteiger partial charge in [0.1, 0.15) is 4.90 Å². The number of nitrogens with zero attached hydrogens (tertiary/aromatic N) is 2. The predicted molar refractivity (Wildman–Crippen MR) is 98.6 cm³/mol. The standard InChI is InChI=1S/C19H18N2O3S/c1-12-7-8-18(14(3)9-12)21-20-15-10-13(2)16-5-4-6-19(17(16)11-15)25(22,23)24/h4-11H,1-3H3,(H,22,23,24). The maximum absolute atomic E-state index is 11.6. The summed E-state index contributed by atoms with van der Waals surface area (Å²) in [6.45, 7) is 5.84. The Morgan fingerprint density at radius 2 is 1.60 bits per heavy atom. The second-order valence-corrected chi connectivity index (χ2v) is 7.47. The summed E-state index contributed by atoms with van der Waals surface area (Å²) in [5.41, 5.74) is 4.31. The first-order valence-electron chi connectivity index (χ1n) is 7.75. The van der Waals surface area contributed by atoms with Crippen molar-refractivity contribution in [1.82, 2.24) is 0 Å². The third-order valence-electron chi connectivity index (χ3n) is 4.05. The molecule has 0 saturated carbocycles. The van der Waals surface area contributed by atoms with Crippen molar-refractivity contribution in [2.45, 2.75) is 25.7 Å². The number of aryl methyl sites for hydroxylation is 3. The summed E-state index contributed by atoms with van der Waals surface area (Å²) in [4.78, 5) is -0.128. The van der Waals surface area contributed by atoms with Gasteiger partial charge in [0.25, 0.3) is 10.1 Å². The van der Waals surface area contributed by atoms with Crippen LogP contribution in [-0.2, 0) is 10.1 Å². The fourth-order valence-electron chi connectivity index (χ4n) is 2.84. The van der Waals surface area contributed by atoms with Gasteiger partial charge in [-0.1, -0.05) is 29.8 Å². The van der Waals surface area contributed by atoms with E-state index in [1.807, 2.05) is 51.1 Å². The Morgan fingerprint density at radius 1 is 0.840 bits per heavy atom. The average molecular weight is 354 g/mol. The normalized spacial score (nSPS) is 12.2. The Bertz CT molecular complexity index is 1100. The SMILES string of the molecule is Cc1ccc(N=Nc2cc(C)c3cccc(S(=O)(=O)O)c3c2)c(C)c1. The van der Waals surface area contributed by atoms with Gasteiger partial charge in [0.05, 0.1) is 11.4 Å². The lowest BCUT2D eigenvalue weighted by atomic mass is 10.0. The maximum atomic E-state index is 11.6. The molecule has 0 bridgehead atoms. The van der Waals surface area contributed by atoms with Crippen molar-refractivity contribution in [2.24, 2.45) is 10.2 Å². The van der Waals surface area contributed by atoms with Gasteiger partial charge in [-0.25, -0.2) is 0 Å². The number of azo groups is 1. The minimum Gasteiger partial charge on any atom is -0.282 e. The first-order valence-corrected chi connectivity index (χ1v) is 9.19. The molecule has 0 radical (unpaired) electrons. The number of hydrogen-bond donors (Lipinski definition) is 1. The van der Waals surface area contributed by atoms with Crippen molar-refractivity contribution in [2.75, 3.05) is 0 Å². The molecular weight excluding hydrogens is 336 g/mol. The van der Waals surface area contributed by atoms with Crippen LogP contribution < -0.4 is 0 Å². The number of hydrogen-bond acceptors (Lipinski definition) is 4. The fourth-order valence-corrected chi connectivity index (χ4v) is 3.54. The van der Waals surface area contributed by atoms with Gasteiger partial charge >= 0.3 is 0 Å². The molecule has 3 rings (SSSR count). The molecule has 0 amide bonds. The lowest BCUT2D eigenvalue weighted by molar-refractivity contribution is 0.484. The van der Waals surface area contributed by atoms with E-state index in [-0.39, 0.29) is 4.90 Å². The average Bonchev–Trinajstić information content (AvgIpc) is 2.52. The van der Waals surface area contributed by atoms with Crippen molar-refractivity contribution in [3.8, 4) is 0 Å². The smallest absolute Gasteiger partial charge is 0.282 e. The summed E-state index contributed by atoms with van der Waals surface area (Å²) < 4.78 is 32.7. The third-order valence-corrected chi connectivity index (χ3v) is 4.96. The van der Waals surface area contributed by atoms with E-state index in [1.54, 1.807) is 12.1 Å². The molecule has 6 heteroatoms. The zero-order valence-electron chi connectivity index (χ0n) is 14.2. The van der Waals surface area contributed by atoms with Gasteiger partial charge in [0.2, 0.25) is 0 Å². The van der Waals surface area contributed by atoms with Gasteiger partial charge in [0.15, 0.2) is 0 Å². The monoisotopic (exact) mass is 354 g/mol. The van der Waals surface area contributed by atoms with Gasteiger partial charge in [-0.3, -0.25) is 4.55 Å². The molecule has 0 saturated heterocycles. The minimum atomic E-state index is -4.31. The first kappa shape index (κ1) is 17.3. The molecule has 0 aliphatic carbocycles. The van der Waals surface area contributed by atoms with Crippen LogP contribution in [0, 0.1) is 20.8 Å². The summed E-state index contributed by atoms with van der Waals surface area (Å²) in [7, 11) is -4.31. The van der Waals surface area contributed by atoms with E-state index < -0.39 is 10.1 Å². The summed E-state index contributed by atoms with van der Waals surface area (Å²) in [5.74, 6) is 0. The molecule has 0 unspecified atom stereocenters. The van der Waals surface area contributed by atoms with Crippen LogP contribution in [0.15, 0.2) is 63.7 Å². The topological polar surface area (TPSA) is 79.1 Å². The molecule has 0 aliphatic heterocycles. The van der Waals surface area contributed by atoms with Crippen LogP contribution in [0.3, 0.4) is 0 Å². The second kappa shape index (κ2) is 6.38. The molecule has 0 aromatic heterocycles. The molecule has 1 N–H and O–H groups in total. The number of rotatable bonds is 3. The maximum Gasteiger partial charge on any atom is 0.295 e. The number of benzene rings is 3. The zero-order chi connectivity index (χ0) is 18.2. The van der Waals surface area contributed by atoms with Crippen molar-refractivity contribution >= 4 is 32.3 Å². The van der Waals surface area contributed by atoms with Gasteiger partial charge in [-0.2, -0.15) is 18.6 Å². The van der Waals surface area contributed by atoms with Gasteiger partial charge < -0.3 is 0 Å². The van der Waals surface area contributed by atoms with Crippen LogP contribution >= 0.6 is 0 Å². The van der Waals surface area contributed by atoms with Crippen molar-refractivity contribution < 1.29 is 13.0 Å². The van der Waals surface area contributed by atoms with Crippen LogP contribution in [0.2, 0.25) is 0 Å². The second-order valence-electron chi connectivity index (χ2n) is 6.08. The van der Waals surface area contributed by atoms with Crippen LogP contribution in [0.25, 0.3) is 10.8 Å². The molecule has 3 aromatic rings. The highest BCUT2D eigenvalue weighted by molar-refractivity contribution is 7.86. The lowest BCUT2D eigenvalue weighted by Crippen LogP contribution is -1.99. The van der Waals surface area contributed by atoms with Crippen LogP contribution in [0.4, 0.5) is 11.4 Å². The van der Waals surface area contributed by atoms with Crippen molar-refractivity contribution in [3.05, 3.63) is 65.2 Å². The van der Waals surface area contributed by atoms with Gasteiger partial charge in [-0.05, 0) is 61.5 Å². The largest absolute Gasteiger partial charge is 0.295 e. The van der Waals surface area contributed by atoms with Gasteiger partial charge in [0, 0.05) is 5.39 Å².